The van der Waals surface area contributed by atoms with E-state index >= 15 is 0 Å². The number of carbonyl (C=O) groups is 1. The number of benzene rings is 2. The van der Waals surface area contributed by atoms with Gasteiger partial charge in [-0.05, 0) is 65.0 Å². The quantitative estimate of drug-likeness (QED) is 0.783. The number of rotatable bonds is 4. The fraction of sp³-hybridized carbons (Fsp3) is 0.316. The Balaban J connectivity index is 1.81. The van der Waals surface area contributed by atoms with Crippen molar-refractivity contribution in [2.45, 2.75) is 24.7 Å². The number of sulfonamides is 1. The summed E-state index contributed by atoms with van der Waals surface area (Å²) in [4.78, 5) is 12.7. The van der Waals surface area contributed by atoms with E-state index in [0.29, 0.717) is 30.3 Å². The molecule has 7 heteroatoms. The van der Waals surface area contributed by atoms with E-state index in [-0.39, 0.29) is 10.8 Å². The largest absolute Gasteiger partial charge is 0.321 e. The first-order chi connectivity index (χ1) is 12.4. The van der Waals surface area contributed by atoms with Gasteiger partial charge in [-0.15, -0.1) is 0 Å². The fourth-order valence-electron chi connectivity index (χ4n) is 2.93. The van der Waals surface area contributed by atoms with E-state index in [2.05, 4.69) is 28.2 Å². The summed E-state index contributed by atoms with van der Waals surface area (Å²) in [5.74, 6) is 0.198. The van der Waals surface area contributed by atoms with E-state index in [1.165, 1.54) is 10.4 Å². The molecule has 2 aromatic carbocycles. The summed E-state index contributed by atoms with van der Waals surface area (Å²) in [7, 11) is -3.58. The molecule has 0 aromatic heterocycles. The van der Waals surface area contributed by atoms with Crippen LogP contribution in [0.1, 0.15) is 30.1 Å². The first kappa shape index (κ1) is 19.1. The van der Waals surface area contributed by atoms with Crippen LogP contribution < -0.4 is 5.32 Å². The zero-order valence-electron chi connectivity index (χ0n) is 14.5. The van der Waals surface area contributed by atoms with Crippen molar-refractivity contribution in [1.82, 2.24) is 4.31 Å². The lowest BCUT2D eigenvalue weighted by Crippen LogP contribution is -2.37. The van der Waals surface area contributed by atoms with Crippen LogP contribution in [0.15, 0.2) is 57.9 Å². The number of para-hydroxylation sites is 1. The molecule has 3 rings (SSSR count). The molecule has 1 aliphatic rings. The summed E-state index contributed by atoms with van der Waals surface area (Å²) < 4.78 is 28.0. The van der Waals surface area contributed by atoms with Gasteiger partial charge in [-0.1, -0.05) is 25.1 Å². The minimum atomic E-state index is -3.58. The van der Waals surface area contributed by atoms with Crippen LogP contribution in [-0.2, 0) is 10.0 Å². The van der Waals surface area contributed by atoms with Crippen LogP contribution >= 0.6 is 15.9 Å². The maximum atomic E-state index is 12.9. The van der Waals surface area contributed by atoms with Crippen LogP contribution in [0.3, 0.4) is 0 Å². The lowest BCUT2D eigenvalue weighted by molar-refractivity contribution is 0.102. The molecule has 26 heavy (non-hydrogen) atoms. The van der Waals surface area contributed by atoms with Crippen LogP contribution in [0.25, 0.3) is 0 Å². The SMILES string of the molecule is CC1CCN(S(=O)(=O)c2cccc(C(=O)Nc3ccccc3Br)c2)CC1. The minimum absolute atomic E-state index is 0.159. The summed E-state index contributed by atoms with van der Waals surface area (Å²) in [5.41, 5.74) is 0.947. The van der Waals surface area contributed by atoms with Crippen LogP contribution in [0.4, 0.5) is 5.69 Å². The highest BCUT2D eigenvalue weighted by molar-refractivity contribution is 9.10. The van der Waals surface area contributed by atoms with Gasteiger partial charge in [0.25, 0.3) is 5.91 Å². The Bertz CT molecular complexity index is 907. The second-order valence-corrected chi connectivity index (χ2v) is 9.34. The van der Waals surface area contributed by atoms with Crippen molar-refractivity contribution in [1.29, 1.82) is 0 Å². The zero-order chi connectivity index (χ0) is 18.7. The molecule has 0 atom stereocenters. The third-order valence-electron chi connectivity index (χ3n) is 4.60. The van der Waals surface area contributed by atoms with Crippen molar-refractivity contribution in [2.24, 2.45) is 5.92 Å². The number of halogens is 1. The van der Waals surface area contributed by atoms with Crippen LogP contribution in [0, 0.1) is 5.92 Å². The Morgan fingerprint density at radius 1 is 1.12 bits per heavy atom. The molecular formula is C19H21BrN2O3S. The topological polar surface area (TPSA) is 66.5 Å². The van der Waals surface area contributed by atoms with E-state index < -0.39 is 10.0 Å². The van der Waals surface area contributed by atoms with Crippen molar-refractivity contribution >= 4 is 37.5 Å². The number of nitrogens with one attached hydrogen (secondary N) is 1. The summed E-state index contributed by atoms with van der Waals surface area (Å²) in [6, 6.07) is 13.5. The Labute approximate surface area is 162 Å². The van der Waals surface area contributed by atoms with Gasteiger partial charge in [-0.3, -0.25) is 4.79 Å². The van der Waals surface area contributed by atoms with Gasteiger partial charge >= 0.3 is 0 Å². The first-order valence-electron chi connectivity index (χ1n) is 8.54. The molecule has 1 fully saturated rings. The molecule has 0 radical (unpaired) electrons. The third kappa shape index (κ3) is 4.16. The molecule has 0 spiro atoms. The van der Waals surface area contributed by atoms with E-state index in [0.717, 1.165) is 17.3 Å². The lowest BCUT2D eigenvalue weighted by atomic mass is 10.0. The molecule has 0 bridgehead atoms. The Kier molecular flexibility index (Phi) is 5.79. The van der Waals surface area contributed by atoms with Crippen molar-refractivity contribution in [3.05, 3.63) is 58.6 Å². The number of amides is 1. The summed E-state index contributed by atoms with van der Waals surface area (Å²) in [6.45, 7) is 3.18. The Morgan fingerprint density at radius 2 is 1.81 bits per heavy atom. The van der Waals surface area contributed by atoms with E-state index in [4.69, 9.17) is 0 Å². The molecule has 1 N–H and O–H groups in total. The Hall–Kier alpha value is -1.70. The van der Waals surface area contributed by atoms with Crippen molar-refractivity contribution in [3.8, 4) is 0 Å². The monoisotopic (exact) mass is 436 g/mol. The van der Waals surface area contributed by atoms with Crippen molar-refractivity contribution in [2.75, 3.05) is 18.4 Å². The highest BCUT2D eigenvalue weighted by Crippen LogP contribution is 2.25. The maximum absolute atomic E-state index is 12.9. The number of carbonyl (C=O) groups excluding carboxylic acids is 1. The molecule has 0 unspecified atom stereocenters. The first-order valence-corrected chi connectivity index (χ1v) is 10.8. The second kappa shape index (κ2) is 7.90. The van der Waals surface area contributed by atoms with Gasteiger partial charge in [-0.25, -0.2) is 8.42 Å². The molecule has 0 aliphatic carbocycles. The lowest BCUT2D eigenvalue weighted by Gasteiger charge is -2.29. The number of anilines is 1. The standard InChI is InChI=1S/C19H21BrN2O3S/c1-14-9-11-22(12-10-14)26(24,25)16-6-4-5-15(13-16)19(23)21-18-8-3-2-7-17(18)20/h2-8,13-14H,9-12H2,1H3,(H,21,23). The van der Waals surface area contributed by atoms with Crippen LogP contribution in [-0.4, -0.2) is 31.7 Å². The molecule has 5 nitrogen and oxygen atoms in total. The number of hydrogen-bond donors (Lipinski definition) is 1. The van der Waals surface area contributed by atoms with Gasteiger partial charge in [-0.2, -0.15) is 4.31 Å². The fourth-order valence-corrected chi connectivity index (χ4v) is 4.83. The zero-order valence-corrected chi connectivity index (χ0v) is 16.9. The molecule has 138 valence electrons. The minimum Gasteiger partial charge on any atom is -0.321 e. The molecule has 1 amide bonds. The predicted molar refractivity (Wildman–Crippen MR) is 106 cm³/mol. The van der Waals surface area contributed by atoms with Crippen molar-refractivity contribution in [3.63, 3.8) is 0 Å². The normalized spacial score (nSPS) is 16.4. The molecule has 1 saturated heterocycles. The van der Waals surface area contributed by atoms with Crippen LogP contribution in [0.5, 0.6) is 0 Å². The average Bonchev–Trinajstić information content (AvgIpc) is 2.64. The number of nitrogens with zero attached hydrogens (tertiary/aromatic N) is 1. The van der Waals surface area contributed by atoms with E-state index in [1.54, 1.807) is 24.3 Å². The highest BCUT2D eigenvalue weighted by atomic mass is 79.9. The summed E-state index contributed by atoms with van der Waals surface area (Å²) in [6.07, 6.45) is 1.73. The Morgan fingerprint density at radius 3 is 2.50 bits per heavy atom. The van der Waals surface area contributed by atoms with Gasteiger partial charge in [0, 0.05) is 23.1 Å². The van der Waals surface area contributed by atoms with Gasteiger partial charge in [0.1, 0.15) is 0 Å². The molecule has 0 saturated carbocycles. The number of piperidine rings is 1. The summed E-state index contributed by atoms with van der Waals surface area (Å²) >= 11 is 3.38. The number of hydrogen-bond acceptors (Lipinski definition) is 3. The molecular weight excluding hydrogens is 416 g/mol. The van der Waals surface area contributed by atoms with E-state index in [1.807, 2.05) is 18.2 Å². The highest BCUT2D eigenvalue weighted by Gasteiger charge is 2.28. The smallest absolute Gasteiger partial charge is 0.255 e. The van der Waals surface area contributed by atoms with Gasteiger partial charge in [0.2, 0.25) is 10.0 Å². The predicted octanol–water partition coefficient (Wildman–Crippen LogP) is 4.12. The van der Waals surface area contributed by atoms with E-state index in [9.17, 15) is 13.2 Å². The summed E-state index contributed by atoms with van der Waals surface area (Å²) in [5, 5.41) is 2.80. The average molecular weight is 437 g/mol. The van der Waals surface area contributed by atoms with Crippen molar-refractivity contribution < 1.29 is 13.2 Å². The van der Waals surface area contributed by atoms with Gasteiger partial charge < -0.3 is 5.32 Å². The van der Waals surface area contributed by atoms with Gasteiger partial charge in [0.15, 0.2) is 0 Å². The van der Waals surface area contributed by atoms with Gasteiger partial charge in [0.05, 0.1) is 10.6 Å². The molecule has 2 aromatic rings. The molecule has 1 aliphatic heterocycles. The molecule has 1 heterocycles. The van der Waals surface area contributed by atoms with Crippen LogP contribution in [0.2, 0.25) is 0 Å². The third-order valence-corrected chi connectivity index (χ3v) is 7.18. The second-order valence-electron chi connectivity index (χ2n) is 6.55. The maximum Gasteiger partial charge on any atom is 0.255 e.